The number of aromatic nitrogens is 4. The molecular weight excluding hydrogens is 475 g/mol. The van der Waals surface area contributed by atoms with Crippen LogP contribution in [0.4, 0.5) is 19.1 Å². The molecule has 8 nitrogen and oxygen atoms in total. The van der Waals surface area contributed by atoms with Gasteiger partial charge in [-0.1, -0.05) is 24.3 Å². The SMILES string of the molecule is CCOCCCn1c(NC(=O)c2nn(-c3ccccc3C(F)(F)F)c(C)cc2=O)nc2ccccc21. The Bertz CT molecular complexity index is 1460. The van der Waals surface area contributed by atoms with Crippen molar-refractivity contribution < 1.29 is 22.7 Å². The Hall–Kier alpha value is -3.99. The van der Waals surface area contributed by atoms with Crippen molar-refractivity contribution in [3.05, 3.63) is 81.8 Å². The molecule has 0 aliphatic carbocycles. The van der Waals surface area contributed by atoms with Crippen molar-refractivity contribution in [3.8, 4) is 5.69 Å². The van der Waals surface area contributed by atoms with Crippen LogP contribution in [0.5, 0.6) is 0 Å². The number of carbonyl (C=O) groups excluding carboxylic acids is 1. The van der Waals surface area contributed by atoms with Crippen molar-refractivity contribution >= 4 is 22.9 Å². The standard InChI is InChI=1S/C25H24F3N5O3/c1-3-36-14-8-13-32-20-12-7-5-10-18(20)29-24(32)30-23(35)22-21(34)15-16(2)33(31-22)19-11-6-4-9-17(19)25(26,27)28/h4-7,9-12,15H,3,8,13-14H2,1-2H3,(H,29,30,35). The maximum atomic E-state index is 13.6. The maximum absolute atomic E-state index is 13.6. The lowest BCUT2D eigenvalue weighted by Crippen LogP contribution is -2.28. The number of hydrogen-bond acceptors (Lipinski definition) is 5. The van der Waals surface area contributed by atoms with Crippen LogP contribution in [0, 0.1) is 6.92 Å². The topological polar surface area (TPSA) is 91.0 Å². The molecule has 0 unspecified atom stereocenters. The van der Waals surface area contributed by atoms with Crippen LogP contribution in [0.2, 0.25) is 0 Å². The van der Waals surface area contributed by atoms with E-state index in [1.807, 2.05) is 25.1 Å². The molecule has 2 aromatic heterocycles. The molecule has 0 atom stereocenters. The minimum atomic E-state index is -4.65. The molecule has 1 amide bonds. The predicted octanol–water partition coefficient (Wildman–Crippen LogP) is 4.59. The van der Waals surface area contributed by atoms with Gasteiger partial charge in [0.05, 0.1) is 22.3 Å². The summed E-state index contributed by atoms with van der Waals surface area (Å²) in [5.74, 6) is -0.679. The molecule has 11 heteroatoms. The van der Waals surface area contributed by atoms with Gasteiger partial charge in [0.1, 0.15) is 0 Å². The van der Waals surface area contributed by atoms with Crippen molar-refractivity contribution in [2.45, 2.75) is 33.0 Å². The highest BCUT2D eigenvalue weighted by Gasteiger charge is 2.34. The number of ether oxygens (including phenoxy) is 1. The van der Waals surface area contributed by atoms with Crippen LogP contribution < -0.4 is 10.7 Å². The van der Waals surface area contributed by atoms with Gasteiger partial charge in [-0.25, -0.2) is 9.67 Å². The molecule has 36 heavy (non-hydrogen) atoms. The first kappa shape index (κ1) is 25.1. The summed E-state index contributed by atoms with van der Waals surface area (Å²) in [6, 6.07) is 13.2. The van der Waals surface area contributed by atoms with Crippen molar-refractivity contribution in [2.24, 2.45) is 0 Å². The van der Waals surface area contributed by atoms with Gasteiger partial charge >= 0.3 is 6.18 Å². The van der Waals surface area contributed by atoms with E-state index in [4.69, 9.17) is 4.74 Å². The van der Waals surface area contributed by atoms with Gasteiger partial charge in [-0.3, -0.25) is 14.9 Å². The average molecular weight is 499 g/mol. The Morgan fingerprint density at radius 3 is 2.58 bits per heavy atom. The highest BCUT2D eigenvalue weighted by Crippen LogP contribution is 2.33. The summed E-state index contributed by atoms with van der Waals surface area (Å²) in [5.41, 5.74) is -0.937. The largest absolute Gasteiger partial charge is 0.418 e. The van der Waals surface area contributed by atoms with Crippen molar-refractivity contribution in [1.82, 2.24) is 19.3 Å². The smallest absolute Gasteiger partial charge is 0.382 e. The second-order valence-electron chi connectivity index (χ2n) is 8.01. The molecule has 0 spiro atoms. The van der Waals surface area contributed by atoms with Crippen LogP contribution in [0.15, 0.2) is 59.4 Å². The number of anilines is 1. The summed E-state index contributed by atoms with van der Waals surface area (Å²) >= 11 is 0. The monoisotopic (exact) mass is 499 g/mol. The lowest BCUT2D eigenvalue weighted by Gasteiger charge is -2.16. The molecule has 0 saturated carbocycles. The first-order valence-corrected chi connectivity index (χ1v) is 11.3. The second-order valence-corrected chi connectivity index (χ2v) is 8.01. The van der Waals surface area contributed by atoms with Crippen LogP contribution in [0.1, 0.15) is 35.1 Å². The number of aryl methyl sites for hydroxylation is 2. The van der Waals surface area contributed by atoms with Gasteiger partial charge in [0.2, 0.25) is 11.4 Å². The molecule has 2 aromatic carbocycles. The third-order valence-corrected chi connectivity index (χ3v) is 5.51. The molecule has 0 aliphatic heterocycles. The summed E-state index contributed by atoms with van der Waals surface area (Å²) in [7, 11) is 0. The van der Waals surface area contributed by atoms with E-state index in [0.717, 1.165) is 22.3 Å². The summed E-state index contributed by atoms with van der Waals surface area (Å²) in [6.45, 7) is 4.92. The van der Waals surface area contributed by atoms with E-state index in [1.54, 1.807) is 10.6 Å². The third-order valence-electron chi connectivity index (χ3n) is 5.51. The zero-order valence-corrected chi connectivity index (χ0v) is 19.7. The molecule has 4 rings (SSSR count). The summed E-state index contributed by atoms with van der Waals surface area (Å²) in [5, 5.41) is 6.63. The Morgan fingerprint density at radius 1 is 1.11 bits per heavy atom. The number of nitrogens with zero attached hydrogens (tertiary/aromatic N) is 4. The zero-order valence-electron chi connectivity index (χ0n) is 19.7. The van der Waals surface area contributed by atoms with Gasteiger partial charge in [0, 0.05) is 31.5 Å². The molecule has 0 radical (unpaired) electrons. The molecule has 0 aliphatic rings. The van der Waals surface area contributed by atoms with E-state index < -0.39 is 28.8 Å². The molecule has 1 N–H and O–H groups in total. The minimum absolute atomic E-state index is 0.149. The lowest BCUT2D eigenvalue weighted by molar-refractivity contribution is -0.137. The number of alkyl halides is 3. The highest BCUT2D eigenvalue weighted by atomic mass is 19.4. The van der Waals surface area contributed by atoms with E-state index in [2.05, 4.69) is 15.4 Å². The number of para-hydroxylation sites is 3. The molecular formula is C25H24F3N5O3. The molecule has 2 heterocycles. The first-order chi connectivity index (χ1) is 17.2. The van der Waals surface area contributed by atoms with E-state index in [1.165, 1.54) is 25.1 Å². The predicted molar refractivity (Wildman–Crippen MR) is 128 cm³/mol. The van der Waals surface area contributed by atoms with Crippen LogP contribution in [-0.4, -0.2) is 38.5 Å². The van der Waals surface area contributed by atoms with Crippen molar-refractivity contribution in [3.63, 3.8) is 0 Å². The van der Waals surface area contributed by atoms with E-state index in [9.17, 15) is 22.8 Å². The Kier molecular flexibility index (Phi) is 7.20. The molecule has 0 saturated heterocycles. The number of rotatable bonds is 8. The normalized spacial score (nSPS) is 11.7. The second kappa shape index (κ2) is 10.3. The van der Waals surface area contributed by atoms with Gasteiger partial charge in [0.25, 0.3) is 5.91 Å². The van der Waals surface area contributed by atoms with Gasteiger partial charge in [0.15, 0.2) is 5.69 Å². The van der Waals surface area contributed by atoms with Gasteiger partial charge in [-0.15, -0.1) is 0 Å². The number of nitrogens with one attached hydrogen (secondary N) is 1. The molecule has 188 valence electrons. The molecule has 0 bridgehead atoms. The first-order valence-electron chi connectivity index (χ1n) is 11.3. The number of amides is 1. The van der Waals surface area contributed by atoms with Gasteiger partial charge < -0.3 is 9.30 Å². The summed E-state index contributed by atoms with van der Waals surface area (Å²) in [4.78, 5) is 30.2. The Labute approximate surface area is 204 Å². The number of benzene rings is 2. The van der Waals surface area contributed by atoms with Crippen LogP contribution >= 0.6 is 0 Å². The maximum Gasteiger partial charge on any atom is 0.418 e. The van der Waals surface area contributed by atoms with Crippen LogP contribution in [-0.2, 0) is 17.5 Å². The van der Waals surface area contributed by atoms with Crippen molar-refractivity contribution in [2.75, 3.05) is 18.5 Å². The average Bonchev–Trinajstić information content (AvgIpc) is 3.18. The van der Waals surface area contributed by atoms with Crippen LogP contribution in [0.25, 0.3) is 16.7 Å². The molecule has 0 fully saturated rings. The van der Waals surface area contributed by atoms with Gasteiger partial charge in [-0.05, 0) is 44.5 Å². The number of imidazole rings is 1. The lowest BCUT2D eigenvalue weighted by atomic mass is 10.1. The van der Waals surface area contributed by atoms with E-state index >= 15 is 0 Å². The fourth-order valence-corrected chi connectivity index (χ4v) is 3.87. The quantitative estimate of drug-likeness (QED) is 0.358. The number of fused-ring (bicyclic) bond motifs is 1. The van der Waals surface area contributed by atoms with E-state index in [0.29, 0.717) is 31.7 Å². The molecule has 4 aromatic rings. The summed E-state index contributed by atoms with van der Waals surface area (Å²) in [6.07, 6.45) is -4.00. The van der Waals surface area contributed by atoms with Crippen molar-refractivity contribution in [1.29, 1.82) is 0 Å². The zero-order chi connectivity index (χ0) is 25.9. The third kappa shape index (κ3) is 5.15. The number of hydrogen-bond donors (Lipinski definition) is 1. The highest BCUT2D eigenvalue weighted by molar-refractivity contribution is 6.02. The Balaban J connectivity index is 1.71. The van der Waals surface area contributed by atoms with Crippen LogP contribution in [0.3, 0.4) is 0 Å². The Morgan fingerprint density at radius 2 is 1.83 bits per heavy atom. The van der Waals surface area contributed by atoms with Gasteiger partial charge in [-0.2, -0.15) is 18.3 Å². The fourth-order valence-electron chi connectivity index (χ4n) is 3.87. The van der Waals surface area contributed by atoms with E-state index in [-0.39, 0.29) is 17.3 Å². The summed E-state index contributed by atoms with van der Waals surface area (Å²) < 4.78 is 48.9. The number of halogens is 3. The number of carbonyl (C=O) groups is 1. The minimum Gasteiger partial charge on any atom is -0.382 e. The fraction of sp³-hybridized carbons (Fsp3) is 0.280.